The molecule has 1 aliphatic carbocycles. The molecule has 0 saturated heterocycles. The van der Waals surface area contributed by atoms with E-state index in [1.807, 2.05) is 12.1 Å². The fraction of sp³-hybridized carbons (Fsp3) is 0.211. The summed E-state index contributed by atoms with van der Waals surface area (Å²) < 4.78 is 29.8. The van der Waals surface area contributed by atoms with E-state index in [1.54, 1.807) is 37.3 Å². The van der Waals surface area contributed by atoms with Gasteiger partial charge in [0, 0.05) is 12.1 Å². The molecule has 1 aliphatic rings. The first-order valence-corrected chi connectivity index (χ1v) is 11.0. The lowest BCUT2D eigenvalue weighted by Gasteiger charge is -2.15. The normalized spacial score (nSPS) is 23.4. The van der Waals surface area contributed by atoms with E-state index >= 15 is 0 Å². The van der Waals surface area contributed by atoms with Crippen molar-refractivity contribution in [3.05, 3.63) is 66.0 Å². The molecule has 2 heterocycles. The van der Waals surface area contributed by atoms with Crippen LogP contribution in [-0.2, 0) is 14.8 Å². The summed E-state index contributed by atoms with van der Waals surface area (Å²) in [5.41, 5.74) is -0.467. The van der Waals surface area contributed by atoms with Crippen molar-refractivity contribution in [2.24, 2.45) is 5.92 Å². The van der Waals surface area contributed by atoms with Gasteiger partial charge < -0.3 is 5.11 Å². The molecule has 1 fully saturated rings. The molecule has 1 saturated carbocycles. The first-order chi connectivity index (χ1) is 13.8. The van der Waals surface area contributed by atoms with E-state index in [-0.39, 0.29) is 4.21 Å². The molecule has 3 aromatic rings. The number of carbonyl (C=O) groups is 1. The lowest BCUT2D eigenvalue weighted by molar-refractivity contribution is -0.140. The number of carboxylic acids is 1. The number of carboxylic acid groups (broad SMARTS) is 1. The molecule has 3 atom stereocenters. The largest absolute Gasteiger partial charge is 0.480 e. The quantitative estimate of drug-likeness (QED) is 0.621. The summed E-state index contributed by atoms with van der Waals surface area (Å²) >= 11 is 0.943. The van der Waals surface area contributed by atoms with E-state index in [0.29, 0.717) is 10.6 Å². The van der Waals surface area contributed by atoms with E-state index in [1.165, 1.54) is 23.1 Å². The van der Waals surface area contributed by atoms with E-state index in [2.05, 4.69) is 9.82 Å². The Morgan fingerprint density at radius 1 is 1.31 bits per heavy atom. The monoisotopic (exact) mass is 428 g/mol. The van der Waals surface area contributed by atoms with Gasteiger partial charge >= 0.3 is 5.97 Å². The van der Waals surface area contributed by atoms with Crippen molar-refractivity contribution in [2.45, 2.75) is 22.6 Å². The molecule has 1 aromatic carbocycles. The fourth-order valence-electron chi connectivity index (χ4n) is 3.65. The molecule has 8 nitrogen and oxygen atoms in total. The zero-order chi connectivity index (χ0) is 20.8. The molecule has 0 bridgehead atoms. The summed E-state index contributed by atoms with van der Waals surface area (Å²) in [4.78, 5) is 12.1. The van der Waals surface area contributed by atoms with Crippen LogP contribution in [0.3, 0.4) is 0 Å². The molecular weight excluding hydrogens is 412 g/mol. The van der Waals surface area contributed by atoms with Gasteiger partial charge in [-0.25, -0.2) is 13.1 Å². The van der Waals surface area contributed by atoms with Gasteiger partial charge in [0.1, 0.15) is 20.8 Å². The first kappa shape index (κ1) is 19.3. The number of thiophene rings is 1. The Morgan fingerprint density at radius 2 is 2.03 bits per heavy atom. The van der Waals surface area contributed by atoms with Crippen LogP contribution < -0.4 is 4.72 Å². The third kappa shape index (κ3) is 3.13. The van der Waals surface area contributed by atoms with Gasteiger partial charge in [0.25, 0.3) is 10.0 Å². The number of nitrogens with zero attached hydrogens (tertiary/aromatic N) is 3. The highest BCUT2D eigenvalue weighted by Gasteiger charge is 2.70. The molecule has 2 N–H and O–H groups in total. The Kier molecular flexibility index (Phi) is 4.53. The van der Waals surface area contributed by atoms with Crippen molar-refractivity contribution < 1.29 is 18.3 Å². The van der Waals surface area contributed by atoms with Crippen LogP contribution in [0.2, 0.25) is 0 Å². The van der Waals surface area contributed by atoms with Gasteiger partial charge in [0.05, 0.1) is 11.8 Å². The molecule has 0 aliphatic heterocycles. The van der Waals surface area contributed by atoms with E-state index in [9.17, 15) is 18.3 Å². The second-order valence-electron chi connectivity index (χ2n) is 6.83. The summed E-state index contributed by atoms with van der Waals surface area (Å²) in [5, 5.41) is 23.3. The number of sulfonamides is 1. The Hall–Kier alpha value is -3.00. The molecule has 2 aromatic heterocycles. The average Bonchev–Trinajstić information content (AvgIpc) is 3.13. The average molecular weight is 428 g/mol. The number of nitriles is 1. The molecule has 4 rings (SSSR count). The highest BCUT2D eigenvalue weighted by atomic mass is 32.2. The fourth-order valence-corrected chi connectivity index (χ4v) is 6.34. The number of rotatable bonds is 6. The second kappa shape index (κ2) is 6.81. The van der Waals surface area contributed by atoms with Crippen LogP contribution in [0.4, 0.5) is 0 Å². The SMILES string of the molecule is CC1[C@@H](c2ccccc2)[C@]1(NS(=O)(=O)c1ccc(-n2cc(C#N)cn2)s1)C(=O)O. The molecule has 0 spiro atoms. The zero-order valence-electron chi connectivity index (χ0n) is 15.2. The van der Waals surface area contributed by atoms with E-state index < -0.39 is 33.4 Å². The van der Waals surface area contributed by atoms with E-state index in [0.717, 1.165) is 16.9 Å². The van der Waals surface area contributed by atoms with Crippen molar-refractivity contribution in [2.75, 3.05) is 0 Å². The highest BCUT2D eigenvalue weighted by Crippen LogP contribution is 2.58. The Labute approximate surface area is 171 Å². The van der Waals surface area contributed by atoms with Crippen molar-refractivity contribution >= 4 is 27.3 Å². The van der Waals surface area contributed by atoms with Gasteiger partial charge in [0.2, 0.25) is 0 Å². The first-order valence-electron chi connectivity index (χ1n) is 8.67. The Balaban J connectivity index is 1.64. The summed E-state index contributed by atoms with van der Waals surface area (Å²) in [7, 11) is -4.08. The zero-order valence-corrected chi connectivity index (χ0v) is 16.8. The van der Waals surface area contributed by atoms with Crippen LogP contribution in [0.25, 0.3) is 5.00 Å². The third-order valence-electron chi connectivity index (χ3n) is 5.19. The number of nitrogens with one attached hydrogen (secondary N) is 1. The topological polar surface area (TPSA) is 125 Å². The van der Waals surface area contributed by atoms with Gasteiger partial charge in [-0.3, -0.25) is 4.79 Å². The minimum absolute atomic E-state index is 0.0203. The van der Waals surface area contributed by atoms with Crippen molar-refractivity contribution in [1.29, 1.82) is 5.26 Å². The number of benzene rings is 1. The number of aliphatic carboxylic acids is 1. The standard InChI is InChI=1S/C19H16N4O4S2/c1-12-17(14-5-3-2-4-6-14)19(12,18(24)25)22-29(26,27)16-8-7-15(28-16)23-11-13(9-20)10-21-23/h2-8,10-12,17,22H,1H3,(H,24,25)/t12?,17-,19-/m0/s1. The maximum atomic E-state index is 13.0. The van der Waals surface area contributed by atoms with Crippen LogP contribution in [-0.4, -0.2) is 34.8 Å². The van der Waals surface area contributed by atoms with Gasteiger partial charge in [-0.1, -0.05) is 37.3 Å². The van der Waals surface area contributed by atoms with Crippen molar-refractivity contribution in [3.8, 4) is 11.1 Å². The lowest BCUT2D eigenvalue weighted by Crippen LogP contribution is -2.45. The number of aromatic nitrogens is 2. The molecule has 148 valence electrons. The molecule has 29 heavy (non-hydrogen) atoms. The molecule has 0 amide bonds. The van der Waals surface area contributed by atoms with Gasteiger partial charge in [-0.05, 0) is 23.6 Å². The number of hydrogen-bond donors (Lipinski definition) is 2. The van der Waals surface area contributed by atoms with Crippen molar-refractivity contribution in [3.63, 3.8) is 0 Å². The number of hydrogen-bond acceptors (Lipinski definition) is 6. The Morgan fingerprint density at radius 3 is 2.66 bits per heavy atom. The van der Waals surface area contributed by atoms with Gasteiger partial charge in [-0.2, -0.15) is 15.1 Å². The predicted octanol–water partition coefficient (Wildman–Crippen LogP) is 2.34. The smallest absolute Gasteiger partial charge is 0.325 e. The van der Waals surface area contributed by atoms with Crippen LogP contribution >= 0.6 is 11.3 Å². The molecule has 0 radical (unpaired) electrons. The lowest BCUT2D eigenvalue weighted by atomic mass is 10.1. The van der Waals surface area contributed by atoms with Gasteiger partial charge in [-0.15, -0.1) is 11.3 Å². The summed E-state index contributed by atoms with van der Waals surface area (Å²) in [6.45, 7) is 1.72. The predicted molar refractivity (Wildman–Crippen MR) is 105 cm³/mol. The third-order valence-corrected chi connectivity index (χ3v) is 8.24. The van der Waals surface area contributed by atoms with Crippen LogP contribution in [0.1, 0.15) is 24.0 Å². The maximum Gasteiger partial charge on any atom is 0.325 e. The highest BCUT2D eigenvalue weighted by molar-refractivity contribution is 7.91. The van der Waals surface area contributed by atoms with Crippen LogP contribution in [0.15, 0.2) is 59.1 Å². The van der Waals surface area contributed by atoms with Crippen LogP contribution in [0, 0.1) is 17.2 Å². The molecular formula is C19H16N4O4S2. The molecule has 1 unspecified atom stereocenters. The van der Waals surface area contributed by atoms with E-state index in [4.69, 9.17) is 5.26 Å². The summed E-state index contributed by atoms with van der Waals surface area (Å²) in [6, 6.07) is 13.9. The minimum atomic E-state index is -4.08. The summed E-state index contributed by atoms with van der Waals surface area (Å²) in [6.07, 6.45) is 2.87. The second-order valence-corrected chi connectivity index (χ2v) is 9.81. The molecule has 10 heteroatoms. The van der Waals surface area contributed by atoms with Crippen molar-refractivity contribution in [1.82, 2.24) is 14.5 Å². The van der Waals surface area contributed by atoms with Crippen LogP contribution in [0.5, 0.6) is 0 Å². The maximum absolute atomic E-state index is 13.0. The Bertz CT molecular complexity index is 1230. The van der Waals surface area contributed by atoms with Gasteiger partial charge in [0.15, 0.2) is 0 Å². The minimum Gasteiger partial charge on any atom is -0.480 e. The summed E-state index contributed by atoms with van der Waals surface area (Å²) in [5.74, 6) is -2.06.